The largest absolute Gasteiger partial charge is 0.394 e. The smallest absolute Gasteiger partial charge is 0.241 e. The highest BCUT2D eigenvalue weighted by Crippen LogP contribution is 2.35. The molecule has 19 N–H and O–H groups in total. The van der Waals surface area contributed by atoms with Crippen LogP contribution in [0, 0.1) is 0 Å². The van der Waals surface area contributed by atoms with Crippen LogP contribution in [-0.2, 0) is 52.2 Å². The Labute approximate surface area is 376 Å². The molecule has 5 rings (SSSR count). The highest BCUT2D eigenvalue weighted by atomic mass is 16.8. The molecule has 384 valence electrons. The van der Waals surface area contributed by atoms with Gasteiger partial charge in [0.05, 0.1) is 45.6 Å². The second-order valence-electron chi connectivity index (χ2n) is 16.5. The lowest BCUT2D eigenvalue weighted by atomic mass is 9.94. The molecule has 0 bridgehead atoms. The van der Waals surface area contributed by atoms with Gasteiger partial charge in [-0.3, -0.25) is 9.59 Å². The molecule has 5 heterocycles. The van der Waals surface area contributed by atoms with E-state index < -0.39 is 205 Å². The van der Waals surface area contributed by atoms with Gasteiger partial charge in [-0.05, 0) is 6.42 Å². The Morgan fingerprint density at radius 1 is 0.470 bits per heavy atom. The molecule has 5 saturated heterocycles. The van der Waals surface area contributed by atoms with Crippen molar-refractivity contribution in [3.8, 4) is 0 Å². The molecule has 25 atom stereocenters. The quantitative estimate of drug-likeness (QED) is 0.0571. The van der Waals surface area contributed by atoms with E-state index >= 15 is 0 Å². The molecule has 5 aliphatic heterocycles. The molecule has 0 aromatic heterocycles. The number of nitrogens with two attached hydrogens (primary N) is 1. The summed E-state index contributed by atoms with van der Waals surface area (Å²) in [6.07, 6.45) is -42.1. The average molecular weight is 968 g/mol. The van der Waals surface area contributed by atoms with Gasteiger partial charge in [0.25, 0.3) is 0 Å². The van der Waals surface area contributed by atoms with E-state index in [0.29, 0.717) is 6.42 Å². The number of rotatable bonds is 19. The minimum Gasteiger partial charge on any atom is -0.394 e. The highest BCUT2D eigenvalue weighted by molar-refractivity contribution is 5.84. The molecule has 18 unspecified atom stereocenters. The summed E-state index contributed by atoms with van der Waals surface area (Å²) in [6.45, 7) is -3.19. The third-order valence-electron chi connectivity index (χ3n) is 11.9. The fraction of sp³-hybridized carbons (Fsp3) is 0.946. The maximum Gasteiger partial charge on any atom is 0.241 e. The number of unbranched alkanes of at least 4 members (excludes halogenated alkanes) is 1. The maximum atomic E-state index is 12.5. The Morgan fingerprint density at radius 3 is 1.39 bits per heavy atom. The van der Waals surface area contributed by atoms with E-state index in [1.165, 1.54) is 0 Å². The first-order chi connectivity index (χ1) is 31.3. The topological polar surface area (TPSA) is 471 Å². The van der Waals surface area contributed by atoms with Crippen molar-refractivity contribution in [1.82, 2.24) is 10.6 Å². The van der Waals surface area contributed by atoms with E-state index in [4.69, 9.17) is 48.4 Å². The first-order valence-electron chi connectivity index (χ1n) is 21.4. The van der Waals surface area contributed by atoms with Crippen LogP contribution in [0.5, 0.6) is 0 Å². The van der Waals surface area contributed by atoms with Crippen LogP contribution in [0.1, 0.15) is 26.2 Å². The number of aliphatic hydroxyl groups is 15. The Hall–Kier alpha value is -2.06. The van der Waals surface area contributed by atoms with E-state index in [1.807, 2.05) is 6.92 Å². The average Bonchev–Trinajstić information content (AvgIpc) is 3.30. The predicted octanol–water partition coefficient (Wildman–Crippen LogP) is -11.5. The van der Waals surface area contributed by atoms with Crippen LogP contribution >= 0.6 is 0 Å². The van der Waals surface area contributed by atoms with Crippen molar-refractivity contribution < 1.29 is 129 Å². The first kappa shape index (κ1) is 54.9. The number of amides is 2. The molecule has 0 aromatic carbocycles. The lowest BCUT2D eigenvalue weighted by molar-refractivity contribution is -0.384. The zero-order valence-corrected chi connectivity index (χ0v) is 35.6. The van der Waals surface area contributed by atoms with Crippen LogP contribution in [0.15, 0.2) is 0 Å². The standard InChI is InChI=1S/C37H65N3O26/c1-2-3-4-16(46)39-5-17(47)40-33-25(54)24(53)30(14(9-44)58-33)64-37-27(56)31(20(49)12(7-42)61-37)65-34-18(38)22(51)29(15(10-45)62-34)63-36-28(57)32(21(50)13(8-43)60-36)66-35-26(55)23(52)19(48)11(6-41)59-35/h11-15,18-37,41-45,48-57H,2-10,38H2,1H3,(H,39,46)(H,40,47)/t11?,12?,13?,14?,15?,18?,19-,20+,21-,22?,23?,24?,25?,26?,27?,28?,29+,30-,31?,32?,33?,34+,35?,36?,37+/m1/s1. The summed E-state index contributed by atoms with van der Waals surface area (Å²) >= 11 is 0. The van der Waals surface area contributed by atoms with Crippen LogP contribution in [0.4, 0.5) is 0 Å². The second-order valence-corrected chi connectivity index (χ2v) is 16.5. The van der Waals surface area contributed by atoms with Gasteiger partial charge in [-0.2, -0.15) is 0 Å². The van der Waals surface area contributed by atoms with Gasteiger partial charge in [0, 0.05) is 6.42 Å². The van der Waals surface area contributed by atoms with Gasteiger partial charge in [-0.1, -0.05) is 13.3 Å². The number of carbonyl (C=O) groups excluding carboxylic acids is 2. The summed E-state index contributed by atoms with van der Waals surface area (Å²) in [6, 6.07) is -1.70. The van der Waals surface area contributed by atoms with Gasteiger partial charge in [-0.25, -0.2) is 0 Å². The zero-order chi connectivity index (χ0) is 48.7. The van der Waals surface area contributed by atoms with Gasteiger partial charge >= 0.3 is 0 Å². The molecule has 29 heteroatoms. The molecule has 0 aromatic rings. The Balaban J connectivity index is 1.24. The molecule has 0 spiro atoms. The fourth-order valence-electron chi connectivity index (χ4n) is 8.02. The van der Waals surface area contributed by atoms with Crippen molar-refractivity contribution in [1.29, 1.82) is 0 Å². The van der Waals surface area contributed by atoms with Crippen LogP contribution in [0.2, 0.25) is 0 Å². The highest BCUT2D eigenvalue weighted by Gasteiger charge is 2.56. The SMILES string of the molecule is CCCCC(=O)NCC(=O)NC1OC(CO)[C@@H](O[C@@H]2OC(CO)[C@H](O)C(O[C@@H]3OC(CO)[C@H](OC4OC(CO)[C@@H](O)C(OC5OC(CO)[C@@H](O)C(O)C5O)C4O)C(O)C3N)C2O)C(O)C1O. The summed E-state index contributed by atoms with van der Waals surface area (Å²) in [7, 11) is 0. The van der Waals surface area contributed by atoms with Crippen LogP contribution in [0.25, 0.3) is 0 Å². The Morgan fingerprint density at radius 2 is 0.894 bits per heavy atom. The zero-order valence-electron chi connectivity index (χ0n) is 35.6. The molecule has 5 aliphatic rings. The molecule has 0 saturated carbocycles. The van der Waals surface area contributed by atoms with E-state index in [0.717, 1.165) is 6.42 Å². The van der Waals surface area contributed by atoms with Gasteiger partial charge in [0.1, 0.15) is 116 Å². The predicted molar refractivity (Wildman–Crippen MR) is 207 cm³/mol. The van der Waals surface area contributed by atoms with Gasteiger partial charge < -0.3 is 136 Å². The van der Waals surface area contributed by atoms with E-state index in [-0.39, 0.29) is 6.42 Å². The minimum atomic E-state index is -2.08. The number of hydrogen-bond acceptors (Lipinski definition) is 27. The van der Waals surface area contributed by atoms with Crippen molar-refractivity contribution in [2.24, 2.45) is 5.73 Å². The number of nitrogens with one attached hydrogen (secondary N) is 2. The number of aliphatic hydroxyl groups excluding tert-OH is 15. The van der Waals surface area contributed by atoms with Crippen molar-refractivity contribution in [2.45, 2.75) is 180 Å². The number of hydrogen-bond donors (Lipinski definition) is 18. The molecule has 29 nitrogen and oxygen atoms in total. The lowest BCUT2D eigenvalue weighted by Gasteiger charge is -2.50. The molecule has 5 fully saturated rings. The van der Waals surface area contributed by atoms with E-state index in [9.17, 15) is 86.2 Å². The Bertz CT molecular complexity index is 1510. The van der Waals surface area contributed by atoms with E-state index in [2.05, 4.69) is 10.6 Å². The summed E-state index contributed by atoms with van der Waals surface area (Å²) in [4.78, 5) is 24.4. The third-order valence-corrected chi connectivity index (χ3v) is 11.9. The minimum absolute atomic E-state index is 0.176. The van der Waals surface area contributed by atoms with Gasteiger partial charge in [0.15, 0.2) is 31.4 Å². The summed E-state index contributed by atoms with van der Waals surface area (Å²) < 4.78 is 50.6. The van der Waals surface area contributed by atoms with Crippen molar-refractivity contribution in [3.63, 3.8) is 0 Å². The molecule has 0 radical (unpaired) electrons. The number of carbonyl (C=O) groups is 2. The Kier molecular flexibility index (Phi) is 20.5. The summed E-state index contributed by atoms with van der Waals surface area (Å²) in [5, 5.41) is 164. The molecule has 66 heavy (non-hydrogen) atoms. The third kappa shape index (κ3) is 12.3. The molecular weight excluding hydrogens is 902 g/mol. The normalized spacial score (nSPS) is 46.7. The lowest BCUT2D eigenvalue weighted by Crippen LogP contribution is -2.69. The second kappa shape index (κ2) is 24.7. The van der Waals surface area contributed by atoms with Crippen molar-refractivity contribution >= 4 is 11.8 Å². The van der Waals surface area contributed by atoms with Crippen molar-refractivity contribution in [3.05, 3.63) is 0 Å². The molecule has 2 amide bonds. The molecular formula is C37H65N3O26. The summed E-state index contributed by atoms with van der Waals surface area (Å²) in [5.74, 6) is -1.21. The number of ether oxygens (including phenoxy) is 9. The van der Waals surface area contributed by atoms with E-state index in [1.54, 1.807) is 0 Å². The van der Waals surface area contributed by atoms with Crippen LogP contribution < -0.4 is 16.4 Å². The maximum absolute atomic E-state index is 12.5. The van der Waals surface area contributed by atoms with Crippen LogP contribution in [-0.4, -0.2) is 281 Å². The molecule has 0 aliphatic carbocycles. The summed E-state index contributed by atoms with van der Waals surface area (Å²) in [5.41, 5.74) is 6.28. The van der Waals surface area contributed by atoms with Gasteiger partial charge in [-0.15, -0.1) is 0 Å². The monoisotopic (exact) mass is 967 g/mol. The van der Waals surface area contributed by atoms with Crippen molar-refractivity contribution in [2.75, 3.05) is 39.6 Å². The first-order valence-corrected chi connectivity index (χ1v) is 21.4. The van der Waals surface area contributed by atoms with Crippen LogP contribution in [0.3, 0.4) is 0 Å². The fourth-order valence-corrected chi connectivity index (χ4v) is 8.02. The van der Waals surface area contributed by atoms with Gasteiger partial charge in [0.2, 0.25) is 11.8 Å².